The number of benzene rings is 1. The fourth-order valence-electron chi connectivity index (χ4n) is 1.56. The largest absolute Gasteiger partial charge is 0.306 e. The standard InChI is InChI=1S/C12H12F2N2O4S/c1-3-5-8(4-2)15-21(19,20)12-7-11(16(17)18)9(13)6-10(12)14/h1,6-8,15H,4-5H2,2H3. The molecule has 0 saturated carbocycles. The Bertz CT molecular complexity index is 698. The van der Waals surface area contributed by atoms with Gasteiger partial charge >= 0.3 is 5.69 Å². The highest BCUT2D eigenvalue weighted by molar-refractivity contribution is 7.89. The smallest absolute Gasteiger partial charge is 0.258 e. The van der Waals surface area contributed by atoms with Gasteiger partial charge in [0.15, 0.2) is 0 Å². The van der Waals surface area contributed by atoms with Gasteiger partial charge in [-0.25, -0.2) is 17.5 Å². The number of hydrogen-bond acceptors (Lipinski definition) is 4. The summed E-state index contributed by atoms with van der Waals surface area (Å²) in [6, 6.07) is -0.145. The van der Waals surface area contributed by atoms with Gasteiger partial charge in [0.05, 0.1) is 4.92 Å². The Labute approximate surface area is 120 Å². The van der Waals surface area contributed by atoms with Crippen LogP contribution in [0.3, 0.4) is 0 Å². The highest BCUT2D eigenvalue weighted by Gasteiger charge is 2.27. The Balaban J connectivity index is 3.29. The van der Waals surface area contributed by atoms with Crippen LogP contribution in [0.15, 0.2) is 17.0 Å². The maximum absolute atomic E-state index is 13.6. The van der Waals surface area contributed by atoms with Gasteiger partial charge in [0.2, 0.25) is 15.8 Å². The molecule has 1 rings (SSSR count). The van der Waals surface area contributed by atoms with E-state index in [-0.39, 0.29) is 12.5 Å². The average Bonchev–Trinajstić information content (AvgIpc) is 2.37. The zero-order valence-electron chi connectivity index (χ0n) is 11.0. The Morgan fingerprint density at radius 3 is 2.52 bits per heavy atom. The minimum absolute atomic E-state index is 0.0701. The zero-order valence-corrected chi connectivity index (χ0v) is 11.8. The van der Waals surface area contributed by atoms with Crippen molar-refractivity contribution in [1.82, 2.24) is 4.72 Å². The summed E-state index contributed by atoms with van der Waals surface area (Å²) >= 11 is 0. The summed E-state index contributed by atoms with van der Waals surface area (Å²) in [6.45, 7) is 1.66. The SMILES string of the molecule is C#CCC(CC)NS(=O)(=O)c1cc([N+](=O)[O-])c(F)cc1F. The molecule has 0 saturated heterocycles. The fraction of sp³-hybridized carbons (Fsp3) is 0.333. The molecule has 6 nitrogen and oxygen atoms in total. The molecule has 1 atom stereocenters. The van der Waals surface area contributed by atoms with Crippen LogP contribution in [0.4, 0.5) is 14.5 Å². The molecule has 0 aliphatic heterocycles. The van der Waals surface area contributed by atoms with Crippen molar-refractivity contribution in [3.8, 4) is 12.3 Å². The van der Waals surface area contributed by atoms with Crippen LogP contribution in [0.1, 0.15) is 19.8 Å². The first-order valence-electron chi connectivity index (χ1n) is 5.82. The van der Waals surface area contributed by atoms with Crippen molar-refractivity contribution in [2.45, 2.75) is 30.7 Å². The number of halogens is 2. The van der Waals surface area contributed by atoms with Gasteiger partial charge in [-0.3, -0.25) is 10.1 Å². The molecule has 9 heteroatoms. The molecule has 0 amide bonds. The molecular formula is C12H12F2N2O4S. The molecule has 1 aromatic rings. The molecule has 0 fully saturated rings. The third-order valence-electron chi connectivity index (χ3n) is 2.67. The first-order valence-corrected chi connectivity index (χ1v) is 7.30. The van der Waals surface area contributed by atoms with E-state index in [2.05, 4.69) is 10.6 Å². The average molecular weight is 318 g/mol. The van der Waals surface area contributed by atoms with Gasteiger partial charge in [-0.15, -0.1) is 12.3 Å². The molecule has 0 aliphatic carbocycles. The Kier molecular flexibility index (Phi) is 5.34. The van der Waals surface area contributed by atoms with Crippen molar-refractivity contribution < 1.29 is 22.1 Å². The molecule has 0 spiro atoms. The van der Waals surface area contributed by atoms with Gasteiger partial charge in [-0.1, -0.05) is 6.92 Å². The van der Waals surface area contributed by atoms with Crippen LogP contribution >= 0.6 is 0 Å². The zero-order chi connectivity index (χ0) is 16.2. The van der Waals surface area contributed by atoms with Gasteiger partial charge in [-0.05, 0) is 6.42 Å². The number of nitro groups is 1. The Morgan fingerprint density at radius 1 is 1.43 bits per heavy atom. The summed E-state index contributed by atoms with van der Waals surface area (Å²) in [7, 11) is -4.39. The maximum Gasteiger partial charge on any atom is 0.306 e. The van der Waals surface area contributed by atoms with Gasteiger partial charge in [0.25, 0.3) is 0 Å². The number of hydrogen-bond donors (Lipinski definition) is 1. The second-order valence-electron chi connectivity index (χ2n) is 4.13. The predicted octanol–water partition coefficient (Wildman–Crippen LogP) is 1.95. The first kappa shape index (κ1) is 17.0. The van der Waals surface area contributed by atoms with Crippen molar-refractivity contribution in [2.24, 2.45) is 0 Å². The van der Waals surface area contributed by atoms with E-state index in [0.717, 1.165) is 0 Å². The number of sulfonamides is 1. The summed E-state index contributed by atoms with van der Waals surface area (Å²) in [4.78, 5) is 8.47. The highest BCUT2D eigenvalue weighted by Crippen LogP contribution is 2.25. The van der Waals surface area contributed by atoms with E-state index in [1.165, 1.54) is 0 Å². The minimum Gasteiger partial charge on any atom is -0.258 e. The monoisotopic (exact) mass is 318 g/mol. The summed E-state index contributed by atoms with van der Waals surface area (Å²) in [5.74, 6) is -0.610. The lowest BCUT2D eigenvalue weighted by atomic mass is 10.2. The molecular weight excluding hydrogens is 306 g/mol. The summed E-state index contributed by atoms with van der Waals surface area (Å²) in [5.41, 5.74) is -1.12. The van der Waals surface area contributed by atoms with E-state index >= 15 is 0 Å². The van der Waals surface area contributed by atoms with Crippen molar-refractivity contribution in [1.29, 1.82) is 0 Å². The molecule has 0 heterocycles. The van der Waals surface area contributed by atoms with Gasteiger partial charge in [-0.2, -0.15) is 4.39 Å². The Morgan fingerprint density at radius 2 is 2.05 bits per heavy atom. The summed E-state index contributed by atoms with van der Waals surface area (Å²) < 4.78 is 53.0. The van der Waals surface area contributed by atoms with Gasteiger partial charge in [0.1, 0.15) is 10.7 Å². The second-order valence-corrected chi connectivity index (χ2v) is 5.81. The van der Waals surface area contributed by atoms with Crippen LogP contribution in [0.5, 0.6) is 0 Å². The van der Waals surface area contributed by atoms with Crippen LogP contribution in [0, 0.1) is 34.1 Å². The molecule has 114 valence electrons. The van der Waals surface area contributed by atoms with Crippen LogP contribution in [0.25, 0.3) is 0 Å². The van der Waals surface area contributed by atoms with Crippen molar-refractivity contribution >= 4 is 15.7 Å². The molecule has 1 N–H and O–H groups in total. The second kappa shape index (κ2) is 6.60. The van der Waals surface area contributed by atoms with Gasteiger partial charge in [0, 0.05) is 24.6 Å². The molecule has 0 radical (unpaired) electrons. The number of nitro benzene ring substituents is 1. The summed E-state index contributed by atoms with van der Waals surface area (Å²) in [6.07, 6.45) is 5.49. The maximum atomic E-state index is 13.6. The number of nitrogens with zero attached hydrogens (tertiary/aromatic N) is 1. The van der Waals surface area contributed by atoms with Crippen LogP contribution in [-0.4, -0.2) is 19.4 Å². The molecule has 0 aromatic heterocycles. The third-order valence-corrected chi connectivity index (χ3v) is 4.20. The number of nitrogens with one attached hydrogen (secondary N) is 1. The van der Waals surface area contributed by atoms with E-state index in [9.17, 15) is 27.3 Å². The minimum atomic E-state index is -4.39. The molecule has 1 unspecified atom stereocenters. The topological polar surface area (TPSA) is 89.3 Å². The predicted molar refractivity (Wildman–Crippen MR) is 70.9 cm³/mol. The van der Waals surface area contributed by atoms with Crippen molar-refractivity contribution in [2.75, 3.05) is 0 Å². The van der Waals surface area contributed by atoms with E-state index in [1.54, 1.807) is 6.92 Å². The van der Waals surface area contributed by atoms with Crippen molar-refractivity contribution in [3.05, 3.63) is 33.9 Å². The van der Waals surface area contributed by atoms with Crippen LogP contribution in [0.2, 0.25) is 0 Å². The van der Waals surface area contributed by atoms with E-state index in [4.69, 9.17) is 6.42 Å². The molecule has 0 bridgehead atoms. The highest BCUT2D eigenvalue weighted by atomic mass is 32.2. The van der Waals surface area contributed by atoms with Crippen molar-refractivity contribution in [3.63, 3.8) is 0 Å². The van der Waals surface area contributed by atoms with Crippen LogP contribution < -0.4 is 4.72 Å². The third kappa shape index (κ3) is 3.96. The van der Waals surface area contributed by atoms with Gasteiger partial charge < -0.3 is 0 Å². The summed E-state index contributed by atoms with van der Waals surface area (Å²) in [5, 5.41) is 10.6. The fourth-order valence-corrected chi connectivity index (χ4v) is 2.96. The lowest BCUT2D eigenvalue weighted by Gasteiger charge is -2.14. The van der Waals surface area contributed by atoms with E-state index in [1.807, 2.05) is 0 Å². The number of rotatable bonds is 6. The molecule has 21 heavy (non-hydrogen) atoms. The molecule has 0 aliphatic rings. The lowest BCUT2D eigenvalue weighted by Crippen LogP contribution is -2.34. The molecule has 1 aromatic carbocycles. The van der Waals surface area contributed by atoms with E-state index < -0.39 is 43.2 Å². The lowest BCUT2D eigenvalue weighted by molar-refractivity contribution is -0.387. The first-order chi connectivity index (χ1) is 9.72. The quantitative estimate of drug-likeness (QED) is 0.493. The van der Waals surface area contributed by atoms with Crippen LogP contribution in [-0.2, 0) is 10.0 Å². The van der Waals surface area contributed by atoms with E-state index in [0.29, 0.717) is 12.5 Å². The Hall–Kier alpha value is -2.05. The normalized spacial score (nSPS) is 12.7. The number of terminal acetylenes is 1.